The van der Waals surface area contributed by atoms with Gasteiger partial charge in [0.05, 0.1) is 10.7 Å². The molecule has 24 heavy (non-hydrogen) atoms. The van der Waals surface area contributed by atoms with E-state index >= 15 is 0 Å². The first kappa shape index (κ1) is 16.7. The lowest BCUT2D eigenvalue weighted by atomic mass is 10.2. The molecule has 0 spiro atoms. The lowest BCUT2D eigenvalue weighted by Crippen LogP contribution is -2.30. The summed E-state index contributed by atoms with van der Waals surface area (Å²) in [6.45, 7) is 3.83. The highest BCUT2D eigenvalue weighted by atomic mass is 32.1. The average molecular weight is 343 g/mol. The van der Waals surface area contributed by atoms with E-state index in [1.165, 1.54) is 0 Å². The van der Waals surface area contributed by atoms with Gasteiger partial charge < -0.3 is 15.4 Å². The molecule has 1 fully saturated rings. The molecule has 1 aliphatic rings. The number of aromatic nitrogens is 1. The largest absolute Gasteiger partial charge is 0.487 e. The van der Waals surface area contributed by atoms with Crippen LogP contribution in [0.4, 0.5) is 0 Å². The number of hydrogen-bond acceptors (Lipinski definition) is 5. The highest BCUT2D eigenvalue weighted by Crippen LogP contribution is 2.16. The van der Waals surface area contributed by atoms with E-state index in [4.69, 9.17) is 10.5 Å². The third-order valence-corrected chi connectivity index (χ3v) is 4.71. The fourth-order valence-corrected chi connectivity index (χ4v) is 3.16. The molecule has 0 unspecified atom stereocenters. The summed E-state index contributed by atoms with van der Waals surface area (Å²) < 4.78 is 5.71. The van der Waals surface area contributed by atoms with Crippen LogP contribution in [0.15, 0.2) is 35.7 Å². The fourth-order valence-electron chi connectivity index (χ4n) is 2.57. The Labute approximate surface area is 145 Å². The Bertz CT molecular complexity index is 724. The van der Waals surface area contributed by atoms with Crippen molar-refractivity contribution in [1.82, 2.24) is 9.88 Å². The number of rotatable bonds is 5. The first-order valence-corrected chi connectivity index (χ1v) is 8.84. The van der Waals surface area contributed by atoms with Gasteiger partial charge in [-0.1, -0.05) is 12.1 Å². The summed E-state index contributed by atoms with van der Waals surface area (Å²) in [7, 11) is 0. The van der Waals surface area contributed by atoms with Crippen molar-refractivity contribution in [3.8, 4) is 5.75 Å². The third kappa shape index (κ3) is 4.43. The molecule has 1 aromatic heterocycles. The van der Waals surface area contributed by atoms with Crippen LogP contribution in [0, 0.1) is 6.92 Å². The summed E-state index contributed by atoms with van der Waals surface area (Å²) in [4.78, 5) is 18.2. The molecule has 0 radical (unpaired) electrons. The Morgan fingerprint density at radius 3 is 2.88 bits per heavy atom. The second-order valence-corrected chi connectivity index (χ2v) is 6.94. The molecule has 0 aliphatic carbocycles. The maximum atomic E-state index is 12.0. The minimum absolute atomic E-state index is 0.0159. The van der Waals surface area contributed by atoms with Crippen LogP contribution in [-0.2, 0) is 11.4 Å². The minimum Gasteiger partial charge on any atom is -0.487 e. The van der Waals surface area contributed by atoms with Crippen LogP contribution in [0.3, 0.4) is 0 Å². The summed E-state index contributed by atoms with van der Waals surface area (Å²) in [5.74, 6) is 0.803. The molecule has 0 saturated carbocycles. The second-order valence-electron chi connectivity index (χ2n) is 5.88. The smallest absolute Gasteiger partial charge is 0.246 e. The fraction of sp³-hybridized carbons (Fsp3) is 0.333. The van der Waals surface area contributed by atoms with E-state index in [1.807, 2.05) is 42.6 Å². The van der Waals surface area contributed by atoms with Crippen LogP contribution in [-0.4, -0.2) is 34.9 Å². The highest BCUT2D eigenvalue weighted by Gasteiger charge is 2.21. The van der Waals surface area contributed by atoms with Gasteiger partial charge in [0.1, 0.15) is 12.4 Å². The van der Waals surface area contributed by atoms with Gasteiger partial charge in [-0.25, -0.2) is 4.98 Å². The molecule has 2 heterocycles. The van der Waals surface area contributed by atoms with Crippen LogP contribution in [0.5, 0.6) is 5.75 Å². The van der Waals surface area contributed by atoms with Crippen molar-refractivity contribution in [2.75, 3.05) is 13.1 Å². The van der Waals surface area contributed by atoms with Gasteiger partial charge in [-0.15, -0.1) is 11.3 Å². The van der Waals surface area contributed by atoms with Crippen LogP contribution in [0.1, 0.15) is 22.7 Å². The molecule has 0 bridgehead atoms. The lowest BCUT2D eigenvalue weighted by Gasteiger charge is -2.12. The van der Waals surface area contributed by atoms with E-state index in [2.05, 4.69) is 4.98 Å². The van der Waals surface area contributed by atoms with Crippen LogP contribution >= 0.6 is 11.3 Å². The van der Waals surface area contributed by atoms with E-state index in [0.29, 0.717) is 13.2 Å². The molecule has 2 N–H and O–H groups in total. The van der Waals surface area contributed by atoms with Crippen molar-refractivity contribution >= 4 is 23.3 Å². The quantitative estimate of drug-likeness (QED) is 0.847. The Balaban J connectivity index is 1.52. The van der Waals surface area contributed by atoms with Crippen LogP contribution < -0.4 is 10.5 Å². The normalized spacial score (nSPS) is 17.6. The monoisotopic (exact) mass is 343 g/mol. The molecule has 5 nitrogen and oxygen atoms in total. The van der Waals surface area contributed by atoms with Crippen molar-refractivity contribution in [3.05, 3.63) is 52.0 Å². The van der Waals surface area contributed by atoms with Crippen molar-refractivity contribution in [1.29, 1.82) is 0 Å². The summed E-state index contributed by atoms with van der Waals surface area (Å²) in [5.41, 5.74) is 7.73. The van der Waals surface area contributed by atoms with E-state index in [1.54, 1.807) is 22.3 Å². The van der Waals surface area contributed by atoms with E-state index < -0.39 is 0 Å². The SMILES string of the molecule is Cc1nc(COc2ccc(C=CC(=O)N3CC[C@H](N)C3)cc2)cs1. The number of ether oxygens (including phenoxy) is 1. The Kier molecular flexibility index (Phi) is 5.27. The van der Waals surface area contributed by atoms with Crippen LogP contribution in [0.25, 0.3) is 6.08 Å². The number of carbonyl (C=O) groups is 1. The van der Waals surface area contributed by atoms with Gasteiger partial charge >= 0.3 is 0 Å². The third-order valence-electron chi connectivity index (χ3n) is 3.89. The number of amides is 1. The zero-order valence-electron chi connectivity index (χ0n) is 13.6. The topological polar surface area (TPSA) is 68.5 Å². The van der Waals surface area contributed by atoms with Gasteiger partial charge in [-0.2, -0.15) is 0 Å². The summed E-state index contributed by atoms with van der Waals surface area (Å²) in [5, 5.41) is 3.04. The van der Waals surface area contributed by atoms with Gasteiger partial charge in [0.2, 0.25) is 5.91 Å². The second kappa shape index (κ2) is 7.59. The van der Waals surface area contributed by atoms with E-state index in [0.717, 1.165) is 35.0 Å². The van der Waals surface area contributed by atoms with Crippen molar-refractivity contribution in [3.63, 3.8) is 0 Å². The average Bonchev–Trinajstić information content (AvgIpc) is 3.20. The number of hydrogen-bond donors (Lipinski definition) is 1. The predicted molar refractivity (Wildman–Crippen MR) is 95.8 cm³/mol. The number of likely N-dealkylation sites (tertiary alicyclic amines) is 1. The maximum Gasteiger partial charge on any atom is 0.246 e. The first-order chi connectivity index (χ1) is 11.6. The minimum atomic E-state index is 0.0159. The van der Waals surface area contributed by atoms with Crippen molar-refractivity contribution < 1.29 is 9.53 Å². The Morgan fingerprint density at radius 2 is 2.25 bits per heavy atom. The van der Waals surface area contributed by atoms with E-state index in [-0.39, 0.29) is 11.9 Å². The molecule has 1 aromatic carbocycles. The van der Waals surface area contributed by atoms with Gasteiger partial charge in [-0.3, -0.25) is 4.79 Å². The maximum absolute atomic E-state index is 12.0. The zero-order valence-corrected chi connectivity index (χ0v) is 14.5. The summed E-state index contributed by atoms with van der Waals surface area (Å²) in [6, 6.07) is 7.77. The van der Waals surface area contributed by atoms with Gasteiger partial charge in [0, 0.05) is 30.6 Å². The summed E-state index contributed by atoms with van der Waals surface area (Å²) in [6.07, 6.45) is 4.30. The first-order valence-electron chi connectivity index (χ1n) is 7.96. The molecule has 1 saturated heterocycles. The number of nitrogens with zero attached hydrogens (tertiary/aromatic N) is 2. The number of thiazole rings is 1. The Morgan fingerprint density at radius 1 is 1.46 bits per heavy atom. The van der Waals surface area contributed by atoms with Gasteiger partial charge in [0.15, 0.2) is 0 Å². The molecular weight excluding hydrogens is 322 g/mol. The highest BCUT2D eigenvalue weighted by molar-refractivity contribution is 7.09. The molecule has 1 atom stereocenters. The molecule has 6 heteroatoms. The molecular formula is C18H21N3O2S. The number of nitrogens with two attached hydrogens (primary N) is 1. The molecule has 1 aliphatic heterocycles. The predicted octanol–water partition coefficient (Wildman–Crippen LogP) is 2.60. The summed E-state index contributed by atoms with van der Waals surface area (Å²) >= 11 is 1.62. The molecule has 3 rings (SSSR count). The number of carbonyl (C=O) groups excluding carboxylic acids is 1. The van der Waals surface area contributed by atoms with Gasteiger partial charge in [-0.05, 0) is 37.1 Å². The van der Waals surface area contributed by atoms with Gasteiger partial charge in [0.25, 0.3) is 0 Å². The Hall–Kier alpha value is -2.18. The number of aryl methyl sites for hydroxylation is 1. The van der Waals surface area contributed by atoms with E-state index in [9.17, 15) is 4.79 Å². The zero-order chi connectivity index (χ0) is 16.9. The molecule has 2 aromatic rings. The van der Waals surface area contributed by atoms with Crippen molar-refractivity contribution in [2.24, 2.45) is 5.73 Å². The molecule has 1 amide bonds. The number of benzene rings is 1. The lowest BCUT2D eigenvalue weighted by molar-refractivity contribution is -0.124. The van der Waals surface area contributed by atoms with Crippen LogP contribution in [0.2, 0.25) is 0 Å². The standard InChI is InChI=1S/C18H21N3O2S/c1-13-20-16(12-24-13)11-23-17-5-2-14(3-6-17)4-7-18(22)21-9-8-15(19)10-21/h2-7,12,15H,8-11,19H2,1H3/t15-/m0/s1. The molecule has 126 valence electrons. The van der Waals surface area contributed by atoms with Crippen molar-refractivity contribution in [2.45, 2.75) is 26.0 Å².